The van der Waals surface area contributed by atoms with Crippen molar-refractivity contribution in [1.29, 1.82) is 0 Å². The number of hydrogen-bond donors (Lipinski definition) is 3. The lowest BCUT2D eigenvalue weighted by Gasteiger charge is -2.29. The zero-order valence-corrected chi connectivity index (χ0v) is 26.1. The molecule has 2 aromatic carbocycles. The minimum absolute atomic E-state index is 0.0103. The Morgan fingerprint density at radius 3 is 2.68 bits per heavy atom. The summed E-state index contributed by atoms with van der Waals surface area (Å²) in [4.78, 5) is 30.7. The van der Waals surface area contributed by atoms with Gasteiger partial charge >= 0.3 is 6.55 Å². The molecule has 4 heterocycles. The van der Waals surface area contributed by atoms with E-state index in [1.807, 2.05) is 0 Å². The number of carbonyl (C=O) groups excluding carboxylic acids is 2. The van der Waals surface area contributed by atoms with Crippen LogP contribution in [0.4, 0.5) is 17.6 Å². The van der Waals surface area contributed by atoms with Crippen LogP contribution in [0.15, 0.2) is 53.4 Å². The van der Waals surface area contributed by atoms with Crippen LogP contribution in [0.2, 0.25) is 5.02 Å². The lowest BCUT2D eigenvalue weighted by Crippen LogP contribution is -2.43. The van der Waals surface area contributed by atoms with Crippen molar-refractivity contribution < 1.29 is 41.7 Å². The lowest BCUT2D eigenvalue weighted by atomic mass is 9.81. The summed E-state index contributed by atoms with van der Waals surface area (Å²) in [6, 6.07) is 7.20. The molecule has 47 heavy (non-hydrogen) atoms. The number of nitrogens with one attached hydrogen (secondary N) is 1. The minimum atomic E-state index is -2.92. The largest absolute Gasteiger partial charge is 0.494 e. The summed E-state index contributed by atoms with van der Waals surface area (Å²) in [5.41, 5.74) is 2.20. The maximum Gasteiger partial charge on any atom is 0.333 e. The Balaban J connectivity index is 1.46. The molecule has 16 heteroatoms. The van der Waals surface area contributed by atoms with E-state index in [1.165, 1.54) is 43.6 Å². The van der Waals surface area contributed by atoms with E-state index in [4.69, 9.17) is 26.8 Å². The molecule has 0 saturated heterocycles. The average Bonchev–Trinajstić information content (AvgIpc) is 3.81. The van der Waals surface area contributed by atoms with Crippen molar-refractivity contribution in [3.05, 3.63) is 92.4 Å². The molecule has 0 spiro atoms. The van der Waals surface area contributed by atoms with Gasteiger partial charge < -0.3 is 25.6 Å². The average molecular weight is 690 g/mol. The molecule has 0 radical (unpaired) electrons. The smallest absolute Gasteiger partial charge is 0.333 e. The number of nitrogens with two attached hydrogens (primary N) is 1. The van der Waals surface area contributed by atoms with E-state index < -0.39 is 52.6 Å². The molecule has 0 bridgehead atoms. The SMILES string of the molecule is COc1cc(C(=O)NC[C@@](O)(c2ccsc2)c2cc3c(c(-c4cc(Cl)c(F)cc4F)n2)OC[C@]3(C)C(N)=O)cc2cn(C(F)F)nc12. The van der Waals surface area contributed by atoms with Crippen molar-refractivity contribution in [2.75, 3.05) is 20.3 Å². The highest BCUT2D eigenvalue weighted by Crippen LogP contribution is 2.47. The van der Waals surface area contributed by atoms with Crippen LogP contribution < -0.4 is 20.5 Å². The van der Waals surface area contributed by atoms with E-state index in [-0.39, 0.29) is 62.7 Å². The molecule has 10 nitrogen and oxygen atoms in total. The third kappa shape index (κ3) is 5.43. The molecule has 244 valence electrons. The fraction of sp³-hybridized carbons (Fsp3) is 0.226. The fourth-order valence-corrected chi connectivity index (χ4v) is 6.23. The number of thiophene rings is 1. The van der Waals surface area contributed by atoms with Gasteiger partial charge in [0.25, 0.3) is 5.91 Å². The van der Waals surface area contributed by atoms with Gasteiger partial charge in [-0.3, -0.25) is 9.59 Å². The van der Waals surface area contributed by atoms with Crippen LogP contribution in [0, 0.1) is 11.6 Å². The Kier molecular flexibility index (Phi) is 8.10. The van der Waals surface area contributed by atoms with Crippen LogP contribution in [0.1, 0.15) is 40.7 Å². The molecule has 4 N–H and O–H groups in total. The number of pyridine rings is 1. The summed E-state index contributed by atoms with van der Waals surface area (Å²) in [7, 11) is 1.30. The fourth-order valence-electron chi connectivity index (χ4n) is 5.34. The minimum Gasteiger partial charge on any atom is -0.494 e. The number of methoxy groups -OCH3 is 1. The molecule has 2 atom stereocenters. The third-order valence-corrected chi connectivity index (χ3v) is 9.06. The van der Waals surface area contributed by atoms with Gasteiger partial charge in [0.1, 0.15) is 52.0 Å². The molecule has 0 aliphatic carbocycles. The molecular weight excluding hydrogens is 666 g/mol. The first-order valence-electron chi connectivity index (χ1n) is 13.8. The van der Waals surface area contributed by atoms with E-state index in [2.05, 4.69) is 15.4 Å². The van der Waals surface area contributed by atoms with Crippen LogP contribution in [0.25, 0.3) is 22.2 Å². The maximum absolute atomic E-state index is 15.2. The Labute approximate surface area is 272 Å². The second-order valence-corrected chi connectivity index (χ2v) is 12.2. The maximum atomic E-state index is 15.2. The number of rotatable bonds is 9. The molecule has 3 aromatic heterocycles. The van der Waals surface area contributed by atoms with Crippen molar-refractivity contribution in [2.45, 2.75) is 24.5 Å². The van der Waals surface area contributed by atoms with Crippen molar-refractivity contribution in [2.24, 2.45) is 5.73 Å². The van der Waals surface area contributed by atoms with Crippen molar-refractivity contribution in [3.63, 3.8) is 0 Å². The number of aromatic nitrogens is 3. The Hall–Kier alpha value is -4.73. The van der Waals surface area contributed by atoms with Crippen LogP contribution in [0.5, 0.6) is 11.5 Å². The van der Waals surface area contributed by atoms with Crippen molar-refractivity contribution in [1.82, 2.24) is 20.1 Å². The molecule has 5 aromatic rings. The normalized spacial score (nSPS) is 17.0. The molecule has 0 saturated carbocycles. The Bertz CT molecular complexity index is 2060. The number of hydrogen-bond acceptors (Lipinski definition) is 8. The van der Waals surface area contributed by atoms with Crippen molar-refractivity contribution in [3.8, 4) is 22.8 Å². The number of alkyl halides is 2. The highest BCUT2D eigenvalue weighted by molar-refractivity contribution is 7.08. The summed E-state index contributed by atoms with van der Waals surface area (Å²) < 4.78 is 67.4. The third-order valence-electron chi connectivity index (χ3n) is 8.08. The van der Waals surface area contributed by atoms with Gasteiger partial charge in [-0.25, -0.2) is 18.4 Å². The van der Waals surface area contributed by atoms with Gasteiger partial charge in [-0.2, -0.15) is 25.2 Å². The van der Waals surface area contributed by atoms with Crippen molar-refractivity contribution >= 4 is 45.7 Å². The number of amides is 2. The Morgan fingerprint density at radius 2 is 2.02 bits per heavy atom. The van der Waals surface area contributed by atoms with E-state index in [9.17, 15) is 27.9 Å². The molecular formula is C31H24ClF4N5O5S. The zero-order chi connectivity index (χ0) is 33.8. The van der Waals surface area contributed by atoms with Crippen LogP contribution in [0.3, 0.4) is 0 Å². The topological polar surface area (TPSA) is 142 Å². The van der Waals surface area contributed by atoms with Crippen LogP contribution in [-0.2, 0) is 15.8 Å². The number of ether oxygens (including phenoxy) is 2. The van der Waals surface area contributed by atoms with Gasteiger partial charge in [-0.05, 0) is 48.0 Å². The predicted octanol–water partition coefficient (Wildman–Crippen LogP) is 5.30. The van der Waals surface area contributed by atoms with Gasteiger partial charge in [0.2, 0.25) is 5.91 Å². The van der Waals surface area contributed by atoms with Gasteiger partial charge in [-0.15, -0.1) is 0 Å². The number of carbonyl (C=O) groups is 2. The highest BCUT2D eigenvalue weighted by Gasteiger charge is 2.46. The summed E-state index contributed by atoms with van der Waals surface area (Å²) in [5, 5.41) is 21.9. The Morgan fingerprint density at radius 1 is 1.26 bits per heavy atom. The molecule has 0 fully saturated rings. The highest BCUT2D eigenvalue weighted by atomic mass is 35.5. The summed E-state index contributed by atoms with van der Waals surface area (Å²) in [5.74, 6) is -3.50. The second kappa shape index (κ2) is 11.8. The van der Waals surface area contributed by atoms with E-state index in [1.54, 1.807) is 16.8 Å². The van der Waals surface area contributed by atoms with Gasteiger partial charge in [0.05, 0.1) is 24.4 Å². The summed E-state index contributed by atoms with van der Waals surface area (Å²) in [6.07, 6.45) is 1.07. The molecule has 1 aliphatic heterocycles. The monoisotopic (exact) mass is 689 g/mol. The van der Waals surface area contributed by atoms with Crippen LogP contribution >= 0.6 is 22.9 Å². The molecule has 1 aliphatic rings. The first kappa shape index (κ1) is 32.2. The number of halogens is 5. The number of aliphatic hydroxyl groups is 1. The molecule has 2 amide bonds. The first-order valence-corrected chi connectivity index (χ1v) is 15.1. The van der Waals surface area contributed by atoms with E-state index in [0.29, 0.717) is 10.7 Å². The zero-order valence-electron chi connectivity index (χ0n) is 24.5. The number of primary amides is 1. The van der Waals surface area contributed by atoms with Gasteiger partial charge in [0, 0.05) is 39.9 Å². The summed E-state index contributed by atoms with van der Waals surface area (Å²) in [6.45, 7) is -2.15. The van der Waals surface area contributed by atoms with Gasteiger partial charge in [0.15, 0.2) is 0 Å². The van der Waals surface area contributed by atoms with Gasteiger partial charge in [-0.1, -0.05) is 11.6 Å². The quantitative estimate of drug-likeness (QED) is 0.141. The molecule has 6 rings (SSSR count). The predicted molar refractivity (Wildman–Crippen MR) is 164 cm³/mol. The van der Waals surface area contributed by atoms with E-state index >= 15 is 4.39 Å². The number of fused-ring (bicyclic) bond motifs is 2. The number of nitrogens with zero attached hydrogens (tertiary/aromatic N) is 3. The second-order valence-electron chi connectivity index (χ2n) is 11.0. The molecule has 0 unspecified atom stereocenters. The standard InChI is InChI=1S/C31H24ClF4N5O5S/c1-30(28(37)43)13-46-26-18(30)8-23(39-25(26)17-7-19(32)21(34)9-20(17)33)31(44,16-3-4-47-11-16)12-38-27(42)14-5-15-10-41(29(35)36)40-24(15)22(6-14)45-2/h3-11,29,44H,12-13H2,1-2H3,(H2,37,43)(H,38,42)/t30-,31+/m0/s1. The van der Waals surface area contributed by atoms with Crippen LogP contribution in [-0.4, -0.2) is 51.9 Å². The van der Waals surface area contributed by atoms with E-state index in [0.717, 1.165) is 12.3 Å². The lowest BCUT2D eigenvalue weighted by molar-refractivity contribution is -0.123. The summed E-state index contributed by atoms with van der Waals surface area (Å²) >= 11 is 7.22. The first-order chi connectivity index (χ1) is 22.3. The number of benzene rings is 2.